The summed E-state index contributed by atoms with van der Waals surface area (Å²) in [5.74, 6) is 1.54. The first kappa shape index (κ1) is 32.3. The molecule has 0 spiro atoms. The molecule has 0 aliphatic carbocycles. The summed E-state index contributed by atoms with van der Waals surface area (Å²) in [4.78, 5) is 18.2. The molecule has 5 heterocycles. The van der Waals surface area contributed by atoms with Crippen molar-refractivity contribution < 1.29 is 13.3 Å². The van der Waals surface area contributed by atoms with Crippen molar-refractivity contribution in [2.75, 3.05) is 4.90 Å². The van der Waals surface area contributed by atoms with Crippen molar-refractivity contribution in [2.24, 2.45) is 0 Å². The van der Waals surface area contributed by atoms with E-state index in [1.807, 2.05) is 91.0 Å². The number of anilines is 3. The number of benzene rings is 8. The Kier molecular flexibility index (Phi) is 6.76. The number of thiophene rings is 1. The molecule has 13 rings (SSSR count). The number of hydrogen-bond donors (Lipinski definition) is 0. The molecule has 13 aromatic rings. The minimum absolute atomic E-state index is 0.453. The molecule has 0 saturated heterocycles. The van der Waals surface area contributed by atoms with Gasteiger partial charge in [0.2, 0.25) is 5.95 Å². The average Bonchev–Trinajstić information content (AvgIpc) is 4.06. The Labute approximate surface area is 339 Å². The van der Waals surface area contributed by atoms with Crippen molar-refractivity contribution in [3.8, 4) is 22.8 Å². The zero-order valence-corrected chi connectivity index (χ0v) is 31.9. The minimum atomic E-state index is 0.453. The summed E-state index contributed by atoms with van der Waals surface area (Å²) in [5.41, 5.74) is 8.23. The van der Waals surface area contributed by atoms with Gasteiger partial charge in [-0.1, -0.05) is 97.1 Å². The van der Waals surface area contributed by atoms with Gasteiger partial charge in [0.05, 0.1) is 22.1 Å². The van der Waals surface area contributed by atoms with Crippen molar-refractivity contribution in [1.82, 2.24) is 15.0 Å². The molecule has 8 heteroatoms. The summed E-state index contributed by atoms with van der Waals surface area (Å²) in [6, 6.07) is 57.9. The maximum Gasteiger partial charge on any atom is 0.238 e. The maximum absolute atomic E-state index is 6.47. The smallest absolute Gasteiger partial charge is 0.238 e. The van der Waals surface area contributed by atoms with E-state index in [0.717, 1.165) is 88.3 Å². The van der Waals surface area contributed by atoms with Gasteiger partial charge in [-0.15, -0.1) is 11.3 Å². The van der Waals surface area contributed by atoms with Crippen molar-refractivity contribution in [3.05, 3.63) is 170 Å². The third kappa shape index (κ3) is 4.90. The number of para-hydroxylation sites is 3. The van der Waals surface area contributed by atoms with Gasteiger partial charge >= 0.3 is 0 Å². The second kappa shape index (κ2) is 12.3. The largest absolute Gasteiger partial charge is 0.456 e. The van der Waals surface area contributed by atoms with Gasteiger partial charge in [0.15, 0.2) is 11.6 Å². The van der Waals surface area contributed by atoms with Crippen molar-refractivity contribution in [3.63, 3.8) is 0 Å². The molecule has 0 aliphatic rings. The molecule has 0 amide bonds. The SMILES string of the molecule is c1ccc2c(c1)oc1ccc(-c3nc(-c4ccc5c(c4)sc4ccccc45)nc(N(c4cccc5oc6ccccc6c45)c4cccc5oc6ccccc6c45)n3)cc12. The highest BCUT2D eigenvalue weighted by atomic mass is 32.1. The molecule has 0 fully saturated rings. The van der Waals surface area contributed by atoms with E-state index in [2.05, 4.69) is 83.8 Å². The summed E-state index contributed by atoms with van der Waals surface area (Å²) in [5, 5.41) is 8.37. The van der Waals surface area contributed by atoms with Crippen LogP contribution in [-0.2, 0) is 0 Å². The Morgan fingerprint density at radius 1 is 0.356 bits per heavy atom. The molecule has 0 bridgehead atoms. The van der Waals surface area contributed by atoms with E-state index in [0.29, 0.717) is 17.6 Å². The Balaban J connectivity index is 1.13. The Hall–Kier alpha value is -7.81. The van der Waals surface area contributed by atoms with Crippen LogP contribution in [0.5, 0.6) is 0 Å². The highest BCUT2D eigenvalue weighted by Gasteiger charge is 2.27. The highest BCUT2D eigenvalue weighted by molar-refractivity contribution is 7.25. The average molecular weight is 777 g/mol. The van der Waals surface area contributed by atoms with Crippen LogP contribution in [0, 0.1) is 0 Å². The molecule has 7 nitrogen and oxygen atoms in total. The van der Waals surface area contributed by atoms with Crippen LogP contribution >= 0.6 is 11.3 Å². The molecule has 0 N–H and O–H groups in total. The summed E-state index contributed by atoms with van der Waals surface area (Å²) >= 11 is 1.77. The van der Waals surface area contributed by atoms with Crippen LogP contribution in [0.3, 0.4) is 0 Å². The first-order chi connectivity index (χ1) is 29.2. The normalized spacial score (nSPS) is 12.1. The predicted molar refractivity (Wildman–Crippen MR) is 240 cm³/mol. The zero-order chi connectivity index (χ0) is 38.6. The molecule has 276 valence electrons. The molecule has 8 aromatic carbocycles. The van der Waals surface area contributed by atoms with E-state index in [4.69, 9.17) is 28.2 Å². The maximum atomic E-state index is 6.47. The quantitative estimate of drug-likeness (QED) is 0.172. The van der Waals surface area contributed by atoms with Crippen LogP contribution in [0.25, 0.3) is 109 Å². The summed E-state index contributed by atoms with van der Waals surface area (Å²) in [6.45, 7) is 0. The standard InChI is InChI=1S/C51H28N4O3S/c1-5-17-39-31(11-1)36-27-29(24-26-42(36)56-39)49-52-50(30-23-25-33-32-12-4-8-22-45(32)59-46(33)28-30)54-51(53-49)55(37-15-9-20-43-47(37)34-13-2-6-18-40(34)57-43)38-16-10-21-44-48(38)35-14-3-7-19-41(35)58-44/h1-28H. The van der Waals surface area contributed by atoms with Crippen molar-refractivity contribution in [1.29, 1.82) is 0 Å². The third-order valence-corrected chi connectivity index (χ3v) is 12.5. The number of aromatic nitrogens is 3. The Bertz CT molecular complexity index is 3720. The van der Waals surface area contributed by atoms with Gasteiger partial charge in [0, 0.05) is 52.8 Å². The third-order valence-electron chi connectivity index (χ3n) is 11.3. The fraction of sp³-hybridized carbons (Fsp3) is 0. The molecular formula is C51H28N4O3S. The van der Waals surface area contributed by atoms with E-state index in [1.54, 1.807) is 11.3 Å². The summed E-state index contributed by atoms with van der Waals surface area (Å²) in [7, 11) is 0. The number of fused-ring (bicyclic) bond motifs is 12. The van der Waals surface area contributed by atoms with Gasteiger partial charge in [-0.25, -0.2) is 4.98 Å². The summed E-state index contributed by atoms with van der Waals surface area (Å²) < 4.78 is 21.6. The zero-order valence-electron chi connectivity index (χ0n) is 31.1. The topological polar surface area (TPSA) is 81.3 Å². The highest BCUT2D eigenvalue weighted by Crippen LogP contribution is 2.47. The second-order valence-electron chi connectivity index (χ2n) is 14.7. The predicted octanol–water partition coefficient (Wildman–Crippen LogP) is 14.7. The Morgan fingerprint density at radius 2 is 0.847 bits per heavy atom. The van der Waals surface area contributed by atoms with Crippen molar-refractivity contribution in [2.45, 2.75) is 0 Å². The van der Waals surface area contributed by atoms with Gasteiger partial charge < -0.3 is 13.3 Å². The van der Waals surface area contributed by atoms with Gasteiger partial charge in [-0.2, -0.15) is 9.97 Å². The van der Waals surface area contributed by atoms with Crippen LogP contribution in [0.4, 0.5) is 17.3 Å². The van der Waals surface area contributed by atoms with Gasteiger partial charge in [0.1, 0.15) is 33.5 Å². The van der Waals surface area contributed by atoms with E-state index >= 15 is 0 Å². The lowest BCUT2D eigenvalue weighted by Crippen LogP contribution is -2.16. The minimum Gasteiger partial charge on any atom is -0.456 e. The van der Waals surface area contributed by atoms with Gasteiger partial charge in [-0.05, 0) is 72.8 Å². The van der Waals surface area contributed by atoms with Gasteiger partial charge in [-0.3, -0.25) is 4.90 Å². The van der Waals surface area contributed by atoms with Gasteiger partial charge in [0.25, 0.3) is 0 Å². The molecule has 0 unspecified atom stereocenters. The van der Waals surface area contributed by atoms with Crippen LogP contribution < -0.4 is 4.90 Å². The van der Waals surface area contributed by atoms with E-state index in [-0.39, 0.29) is 0 Å². The number of rotatable bonds is 5. The van der Waals surface area contributed by atoms with E-state index < -0.39 is 0 Å². The number of furan rings is 3. The van der Waals surface area contributed by atoms with Crippen LogP contribution in [0.1, 0.15) is 0 Å². The molecule has 0 atom stereocenters. The number of nitrogens with zero attached hydrogens (tertiary/aromatic N) is 4. The fourth-order valence-electron chi connectivity index (χ4n) is 8.68. The molecule has 5 aromatic heterocycles. The lowest BCUT2D eigenvalue weighted by molar-refractivity contribution is 0.668. The second-order valence-corrected chi connectivity index (χ2v) is 15.8. The van der Waals surface area contributed by atoms with E-state index in [1.165, 1.54) is 20.2 Å². The molecule has 0 saturated carbocycles. The molecule has 0 aliphatic heterocycles. The first-order valence-corrected chi connectivity index (χ1v) is 20.2. The summed E-state index contributed by atoms with van der Waals surface area (Å²) in [6.07, 6.45) is 0. The monoisotopic (exact) mass is 776 g/mol. The molecule has 59 heavy (non-hydrogen) atoms. The van der Waals surface area contributed by atoms with E-state index in [9.17, 15) is 0 Å². The van der Waals surface area contributed by atoms with Crippen LogP contribution in [0.15, 0.2) is 183 Å². The number of hydrogen-bond acceptors (Lipinski definition) is 8. The van der Waals surface area contributed by atoms with Crippen LogP contribution in [-0.4, -0.2) is 15.0 Å². The van der Waals surface area contributed by atoms with Crippen molar-refractivity contribution >= 4 is 115 Å². The fourth-order valence-corrected chi connectivity index (χ4v) is 9.83. The van der Waals surface area contributed by atoms with Crippen LogP contribution in [0.2, 0.25) is 0 Å². The Morgan fingerprint density at radius 3 is 1.53 bits per heavy atom. The first-order valence-electron chi connectivity index (χ1n) is 19.4. The molecule has 0 radical (unpaired) electrons. The molecular weight excluding hydrogens is 749 g/mol. The lowest BCUT2D eigenvalue weighted by Gasteiger charge is -2.25. The lowest BCUT2D eigenvalue weighted by atomic mass is 10.1.